The largest absolute Gasteiger partial charge is 0.337 e. The molecule has 108 valence electrons. The lowest BCUT2D eigenvalue weighted by molar-refractivity contribution is 0.0789. The van der Waals surface area contributed by atoms with Gasteiger partial charge in [0.15, 0.2) is 0 Å². The number of amides is 1. The van der Waals surface area contributed by atoms with Crippen molar-refractivity contribution in [1.29, 1.82) is 0 Å². The van der Waals surface area contributed by atoms with Gasteiger partial charge in [-0.2, -0.15) is 0 Å². The van der Waals surface area contributed by atoms with Gasteiger partial charge in [0.1, 0.15) is 4.88 Å². The number of nitrogens with two attached hydrogens (primary N) is 1. The number of hydrogen-bond donors (Lipinski definition) is 1. The molecule has 0 radical (unpaired) electrons. The smallest absolute Gasteiger partial charge is 0.265 e. The normalized spacial score (nSPS) is 9.86. The molecular formula is C16H17N3OS. The third-order valence-corrected chi connectivity index (χ3v) is 3.83. The predicted octanol–water partition coefficient (Wildman–Crippen LogP) is 2.03. The molecule has 0 saturated carbocycles. The average Bonchev–Trinajstić information content (AvgIpc) is 2.92. The van der Waals surface area contributed by atoms with E-state index in [0.717, 1.165) is 16.1 Å². The van der Waals surface area contributed by atoms with E-state index in [1.165, 1.54) is 11.3 Å². The minimum atomic E-state index is -0.0258. The van der Waals surface area contributed by atoms with Crippen LogP contribution in [0.3, 0.4) is 0 Å². The average molecular weight is 299 g/mol. The van der Waals surface area contributed by atoms with Gasteiger partial charge in [-0.25, -0.2) is 4.98 Å². The molecule has 1 aromatic carbocycles. The maximum Gasteiger partial charge on any atom is 0.265 e. The zero-order chi connectivity index (χ0) is 15.2. The number of nitrogens with zero attached hydrogens (tertiary/aromatic N) is 2. The van der Waals surface area contributed by atoms with Crippen molar-refractivity contribution in [1.82, 2.24) is 9.88 Å². The summed E-state index contributed by atoms with van der Waals surface area (Å²) in [6, 6.07) is 7.78. The van der Waals surface area contributed by atoms with Gasteiger partial charge < -0.3 is 10.6 Å². The summed E-state index contributed by atoms with van der Waals surface area (Å²) in [5.74, 6) is 5.86. The molecule has 0 unspecified atom stereocenters. The molecule has 0 aliphatic rings. The van der Waals surface area contributed by atoms with Crippen molar-refractivity contribution in [3.05, 3.63) is 51.5 Å². The summed E-state index contributed by atoms with van der Waals surface area (Å²) in [4.78, 5) is 18.8. The fourth-order valence-electron chi connectivity index (χ4n) is 1.90. The Bertz CT molecular complexity index is 697. The molecule has 2 N–H and O–H groups in total. The topological polar surface area (TPSA) is 59.2 Å². The van der Waals surface area contributed by atoms with E-state index in [0.29, 0.717) is 18.0 Å². The summed E-state index contributed by atoms with van der Waals surface area (Å²) in [6.07, 6.45) is 1.62. The van der Waals surface area contributed by atoms with Crippen LogP contribution in [0, 0.1) is 18.8 Å². The molecule has 1 heterocycles. The Hall–Kier alpha value is -2.16. The van der Waals surface area contributed by atoms with Gasteiger partial charge in [-0.15, -0.1) is 11.3 Å². The number of carbonyl (C=O) groups is 1. The summed E-state index contributed by atoms with van der Waals surface area (Å²) in [6.45, 7) is 2.72. The maximum atomic E-state index is 12.3. The summed E-state index contributed by atoms with van der Waals surface area (Å²) in [7, 11) is 1.78. The van der Waals surface area contributed by atoms with Crippen LogP contribution < -0.4 is 5.73 Å². The molecular weight excluding hydrogens is 282 g/mol. The van der Waals surface area contributed by atoms with E-state index in [-0.39, 0.29) is 5.91 Å². The number of benzene rings is 1. The molecule has 0 bridgehead atoms. The summed E-state index contributed by atoms with van der Waals surface area (Å²) in [5.41, 5.74) is 7.33. The molecule has 0 aliphatic carbocycles. The molecule has 5 heteroatoms. The Labute approximate surface area is 128 Å². The van der Waals surface area contributed by atoms with E-state index in [2.05, 4.69) is 16.8 Å². The van der Waals surface area contributed by atoms with E-state index in [1.807, 2.05) is 31.2 Å². The van der Waals surface area contributed by atoms with Crippen LogP contribution in [0.2, 0.25) is 0 Å². The Morgan fingerprint density at radius 2 is 2.19 bits per heavy atom. The third-order valence-electron chi connectivity index (χ3n) is 2.93. The molecule has 2 aromatic rings. The van der Waals surface area contributed by atoms with Crippen LogP contribution in [-0.2, 0) is 6.54 Å². The van der Waals surface area contributed by atoms with Gasteiger partial charge in [0.2, 0.25) is 0 Å². The van der Waals surface area contributed by atoms with Gasteiger partial charge in [0, 0.05) is 19.2 Å². The number of carbonyl (C=O) groups excluding carboxylic acids is 1. The Morgan fingerprint density at radius 3 is 2.86 bits per heavy atom. The molecule has 0 spiro atoms. The number of aryl methyl sites for hydroxylation is 1. The minimum Gasteiger partial charge on any atom is -0.337 e. The summed E-state index contributed by atoms with van der Waals surface area (Å²) >= 11 is 1.41. The van der Waals surface area contributed by atoms with Gasteiger partial charge >= 0.3 is 0 Å². The predicted molar refractivity (Wildman–Crippen MR) is 85.0 cm³/mol. The van der Waals surface area contributed by atoms with Crippen LogP contribution in [0.4, 0.5) is 0 Å². The second-order valence-corrected chi connectivity index (χ2v) is 5.80. The highest BCUT2D eigenvalue weighted by atomic mass is 32.1. The minimum absolute atomic E-state index is 0.0258. The fourth-order valence-corrected chi connectivity index (χ4v) is 2.67. The van der Waals surface area contributed by atoms with Crippen molar-refractivity contribution in [2.45, 2.75) is 13.5 Å². The number of hydrogen-bond acceptors (Lipinski definition) is 4. The van der Waals surface area contributed by atoms with Gasteiger partial charge in [-0.05, 0) is 18.6 Å². The quantitative estimate of drug-likeness (QED) is 0.882. The molecule has 0 aliphatic heterocycles. The zero-order valence-electron chi connectivity index (χ0n) is 12.1. The Balaban J connectivity index is 2.16. The van der Waals surface area contributed by atoms with Crippen LogP contribution >= 0.6 is 11.3 Å². The Kier molecular flexibility index (Phi) is 5.09. The number of thiazole rings is 1. The van der Waals surface area contributed by atoms with Crippen molar-refractivity contribution >= 4 is 17.2 Å². The van der Waals surface area contributed by atoms with Crippen molar-refractivity contribution in [3.63, 3.8) is 0 Å². The molecule has 0 fully saturated rings. The Morgan fingerprint density at radius 1 is 1.43 bits per heavy atom. The lowest BCUT2D eigenvalue weighted by Crippen LogP contribution is -2.25. The lowest BCUT2D eigenvalue weighted by atomic mass is 10.1. The van der Waals surface area contributed by atoms with E-state index in [4.69, 9.17) is 5.73 Å². The first-order chi connectivity index (χ1) is 10.1. The standard InChI is InChI=1S/C16H17N3OS/c1-12-18-10-15(21-12)16(20)19(2)11-14-7-4-3-6-13(14)8-5-9-17/h3-4,6-7,10H,9,11,17H2,1-2H3. The van der Waals surface area contributed by atoms with Gasteiger partial charge in [0.05, 0.1) is 17.7 Å². The highest BCUT2D eigenvalue weighted by Gasteiger charge is 2.15. The molecule has 0 atom stereocenters. The van der Waals surface area contributed by atoms with Crippen LogP contribution in [0.1, 0.15) is 25.8 Å². The van der Waals surface area contributed by atoms with Crippen LogP contribution in [-0.4, -0.2) is 29.4 Å². The molecule has 2 rings (SSSR count). The monoisotopic (exact) mass is 299 g/mol. The first-order valence-electron chi connectivity index (χ1n) is 6.56. The fraction of sp³-hybridized carbons (Fsp3) is 0.250. The molecule has 4 nitrogen and oxygen atoms in total. The van der Waals surface area contributed by atoms with Crippen LogP contribution in [0.5, 0.6) is 0 Å². The highest BCUT2D eigenvalue weighted by molar-refractivity contribution is 7.13. The summed E-state index contributed by atoms with van der Waals surface area (Å²) in [5, 5.41) is 0.890. The second-order valence-electron chi connectivity index (χ2n) is 4.57. The first kappa shape index (κ1) is 15.2. The van der Waals surface area contributed by atoms with E-state index in [1.54, 1.807) is 18.1 Å². The summed E-state index contributed by atoms with van der Waals surface area (Å²) < 4.78 is 0. The van der Waals surface area contributed by atoms with Crippen molar-refractivity contribution in [3.8, 4) is 11.8 Å². The van der Waals surface area contributed by atoms with Crippen LogP contribution in [0.15, 0.2) is 30.5 Å². The molecule has 0 saturated heterocycles. The van der Waals surface area contributed by atoms with Crippen molar-refractivity contribution in [2.24, 2.45) is 5.73 Å². The SMILES string of the molecule is Cc1ncc(C(=O)N(C)Cc2ccccc2C#CCN)s1. The van der Waals surface area contributed by atoms with Gasteiger partial charge in [-0.1, -0.05) is 30.0 Å². The number of rotatable bonds is 3. The van der Waals surface area contributed by atoms with E-state index in [9.17, 15) is 4.79 Å². The van der Waals surface area contributed by atoms with E-state index >= 15 is 0 Å². The zero-order valence-corrected chi connectivity index (χ0v) is 12.9. The van der Waals surface area contributed by atoms with Gasteiger partial charge in [0.25, 0.3) is 5.91 Å². The van der Waals surface area contributed by atoms with Crippen molar-refractivity contribution in [2.75, 3.05) is 13.6 Å². The van der Waals surface area contributed by atoms with Crippen molar-refractivity contribution < 1.29 is 4.79 Å². The van der Waals surface area contributed by atoms with Gasteiger partial charge in [-0.3, -0.25) is 4.79 Å². The molecule has 1 amide bonds. The first-order valence-corrected chi connectivity index (χ1v) is 7.38. The highest BCUT2D eigenvalue weighted by Crippen LogP contribution is 2.16. The second kappa shape index (κ2) is 7.02. The van der Waals surface area contributed by atoms with Crippen LogP contribution in [0.25, 0.3) is 0 Å². The van der Waals surface area contributed by atoms with E-state index < -0.39 is 0 Å². The molecule has 21 heavy (non-hydrogen) atoms. The lowest BCUT2D eigenvalue weighted by Gasteiger charge is -2.17. The molecule has 1 aromatic heterocycles. The third kappa shape index (κ3) is 3.91. The maximum absolute atomic E-state index is 12.3. The number of aromatic nitrogens is 1.